The van der Waals surface area contributed by atoms with E-state index in [1.54, 1.807) is 19.1 Å². The number of aromatic carboxylic acids is 1. The number of hydrogen-bond donors (Lipinski definition) is 1. The van der Waals surface area contributed by atoms with Gasteiger partial charge in [0.2, 0.25) is 0 Å². The molecule has 1 aromatic carbocycles. The Morgan fingerprint density at radius 1 is 1.54 bits per heavy atom. The molecular formula is C9H9BrO3. The molecule has 1 rings (SSSR count). The van der Waals surface area contributed by atoms with Gasteiger partial charge in [0.25, 0.3) is 0 Å². The maximum atomic E-state index is 10.7. The van der Waals surface area contributed by atoms with Crippen molar-refractivity contribution in [2.24, 2.45) is 0 Å². The normalized spacial score (nSPS) is 9.77. The summed E-state index contributed by atoms with van der Waals surface area (Å²) < 4.78 is 5.82. The Morgan fingerprint density at radius 3 is 2.62 bits per heavy atom. The largest absolute Gasteiger partial charge is 0.495 e. The van der Waals surface area contributed by atoms with Crippen LogP contribution in [0.4, 0.5) is 0 Å². The molecule has 4 heteroatoms. The van der Waals surface area contributed by atoms with Crippen LogP contribution in [0.2, 0.25) is 0 Å². The third-order valence-electron chi connectivity index (χ3n) is 1.79. The molecule has 0 unspecified atom stereocenters. The first kappa shape index (κ1) is 10.1. The summed E-state index contributed by atoms with van der Waals surface area (Å²) in [6.07, 6.45) is 0. The minimum Gasteiger partial charge on any atom is -0.495 e. The van der Waals surface area contributed by atoms with Crippen LogP contribution in [-0.4, -0.2) is 18.2 Å². The molecule has 0 radical (unpaired) electrons. The fourth-order valence-electron chi connectivity index (χ4n) is 1.14. The van der Waals surface area contributed by atoms with E-state index in [1.807, 2.05) is 0 Å². The second-order valence-corrected chi connectivity index (χ2v) is 3.41. The van der Waals surface area contributed by atoms with Crippen LogP contribution in [0.1, 0.15) is 15.9 Å². The lowest BCUT2D eigenvalue weighted by molar-refractivity contribution is 0.0695. The number of rotatable bonds is 2. The van der Waals surface area contributed by atoms with Crippen molar-refractivity contribution in [3.8, 4) is 5.75 Å². The van der Waals surface area contributed by atoms with Crippen molar-refractivity contribution in [1.29, 1.82) is 0 Å². The minimum absolute atomic E-state index is 0.264. The van der Waals surface area contributed by atoms with Crippen molar-refractivity contribution in [3.05, 3.63) is 27.7 Å². The van der Waals surface area contributed by atoms with E-state index in [2.05, 4.69) is 15.9 Å². The summed E-state index contributed by atoms with van der Waals surface area (Å²) in [5, 5.41) is 8.81. The Bertz CT molecular complexity index is 347. The number of carboxylic acid groups (broad SMARTS) is 1. The molecule has 1 aromatic rings. The van der Waals surface area contributed by atoms with E-state index < -0.39 is 5.97 Å². The van der Waals surface area contributed by atoms with Crippen LogP contribution in [0, 0.1) is 6.92 Å². The zero-order valence-electron chi connectivity index (χ0n) is 7.30. The van der Waals surface area contributed by atoms with Crippen molar-refractivity contribution < 1.29 is 14.6 Å². The summed E-state index contributed by atoms with van der Waals surface area (Å²) in [4.78, 5) is 10.7. The fraction of sp³-hybridized carbons (Fsp3) is 0.222. The molecule has 70 valence electrons. The molecule has 1 N–H and O–H groups in total. The van der Waals surface area contributed by atoms with E-state index in [4.69, 9.17) is 9.84 Å². The molecule has 0 aliphatic heterocycles. The molecule has 0 aliphatic carbocycles. The summed E-state index contributed by atoms with van der Waals surface area (Å²) in [5.41, 5.74) is 0.893. The van der Waals surface area contributed by atoms with Gasteiger partial charge in [-0.1, -0.05) is 0 Å². The van der Waals surface area contributed by atoms with Gasteiger partial charge in [-0.15, -0.1) is 0 Å². The first-order valence-corrected chi connectivity index (χ1v) is 4.43. The summed E-state index contributed by atoms with van der Waals surface area (Å²) >= 11 is 3.27. The molecular weight excluding hydrogens is 236 g/mol. The van der Waals surface area contributed by atoms with Gasteiger partial charge in [0.15, 0.2) is 0 Å². The smallest absolute Gasteiger partial charge is 0.336 e. The van der Waals surface area contributed by atoms with Gasteiger partial charge in [-0.3, -0.25) is 0 Å². The lowest BCUT2D eigenvalue weighted by Gasteiger charge is -2.08. The van der Waals surface area contributed by atoms with Gasteiger partial charge in [0, 0.05) is 5.56 Å². The summed E-state index contributed by atoms with van der Waals surface area (Å²) in [6, 6.07) is 3.21. The van der Waals surface area contributed by atoms with Gasteiger partial charge in [0.1, 0.15) is 5.75 Å². The van der Waals surface area contributed by atoms with Gasteiger partial charge in [0.05, 0.1) is 17.1 Å². The Balaban J connectivity index is 3.35. The molecule has 0 fully saturated rings. The van der Waals surface area contributed by atoms with Crippen molar-refractivity contribution in [2.45, 2.75) is 6.92 Å². The molecule has 13 heavy (non-hydrogen) atoms. The van der Waals surface area contributed by atoms with Crippen LogP contribution in [0.3, 0.4) is 0 Å². The summed E-state index contributed by atoms with van der Waals surface area (Å²) in [7, 11) is 1.51. The molecule has 3 nitrogen and oxygen atoms in total. The van der Waals surface area contributed by atoms with Gasteiger partial charge in [-0.25, -0.2) is 4.79 Å². The van der Waals surface area contributed by atoms with E-state index in [1.165, 1.54) is 7.11 Å². The van der Waals surface area contributed by atoms with E-state index >= 15 is 0 Å². The van der Waals surface area contributed by atoms with Crippen LogP contribution in [0.25, 0.3) is 0 Å². The van der Waals surface area contributed by atoms with Crippen LogP contribution in [-0.2, 0) is 0 Å². The Hall–Kier alpha value is -1.03. The van der Waals surface area contributed by atoms with E-state index in [0.717, 1.165) is 4.47 Å². The first-order valence-electron chi connectivity index (χ1n) is 3.64. The van der Waals surface area contributed by atoms with Gasteiger partial charge < -0.3 is 9.84 Å². The Labute approximate surface area is 84.5 Å². The zero-order chi connectivity index (χ0) is 10.0. The first-order chi connectivity index (χ1) is 6.07. The SMILES string of the molecule is COc1c(Br)ccc(C(=O)O)c1C. The van der Waals surface area contributed by atoms with E-state index in [-0.39, 0.29) is 5.56 Å². The predicted molar refractivity (Wildman–Crippen MR) is 52.4 cm³/mol. The fourth-order valence-corrected chi connectivity index (χ4v) is 1.73. The average Bonchev–Trinajstić information content (AvgIpc) is 2.04. The maximum absolute atomic E-state index is 10.7. The van der Waals surface area contributed by atoms with E-state index in [9.17, 15) is 4.79 Å². The third kappa shape index (κ3) is 1.83. The van der Waals surface area contributed by atoms with Crippen LogP contribution in [0.15, 0.2) is 16.6 Å². The molecule has 0 aromatic heterocycles. The van der Waals surface area contributed by atoms with Crippen LogP contribution < -0.4 is 4.74 Å². The molecule has 0 heterocycles. The second-order valence-electron chi connectivity index (χ2n) is 2.56. The quantitative estimate of drug-likeness (QED) is 0.870. The lowest BCUT2D eigenvalue weighted by atomic mass is 10.1. The molecule has 0 amide bonds. The van der Waals surface area contributed by atoms with Gasteiger partial charge in [-0.05, 0) is 35.0 Å². The monoisotopic (exact) mass is 244 g/mol. The van der Waals surface area contributed by atoms with Crippen LogP contribution in [0.5, 0.6) is 5.75 Å². The number of carboxylic acids is 1. The van der Waals surface area contributed by atoms with Crippen molar-refractivity contribution >= 4 is 21.9 Å². The number of ether oxygens (including phenoxy) is 1. The zero-order valence-corrected chi connectivity index (χ0v) is 8.88. The number of hydrogen-bond acceptors (Lipinski definition) is 2. The van der Waals surface area contributed by atoms with Gasteiger partial charge in [-0.2, -0.15) is 0 Å². The number of carbonyl (C=O) groups is 1. The minimum atomic E-state index is -0.941. The van der Waals surface area contributed by atoms with Crippen LogP contribution >= 0.6 is 15.9 Å². The number of methoxy groups -OCH3 is 1. The number of halogens is 1. The molecule has 0 bridgehead atoms. The van der Waals surface area contributed by atoms with Gasteiger partial charge >= 0.3 is 5.97 Å². The average molecular weight is 245 g/mol. The van der Waals surface area contributed by atoms with E-state index in [0.29, 0.717) is 11.3 Å². The lowest BCUT2D eigenvalue weighted by Crippen LogP contribution is -2.01. The molecule has 0 saturated heterocycles. The molecule has 0 atom stereocenters. The highest BCUT2D eigenvalue weighted by atomic mass is 79.9. The maximum Gasteiger partial charge on any atom is 0.336 e. The highest BCUT2D eigenvalue weighted by molar-refractivity contribution is 9.10. The van der Waals surface area contributed by atoms with Crippen molar-refractivity contribution in [1.82, 2.24) is 0 Å². The third-order valence-corrected chi connectivity index (χ3v) is 2.42. The highest BCUT2D eigenvalue weighted by Crippen LogP contribution is 2.30. The topological polar surface area (TPSA) is 46.5 Å². The predicted octanol–water partition coefficient (Wildman–Crippen LogP) is 2.46. The van der Waals surface area contributed by atoms with Crippen molar-refractivity contribution in [3.63, 3.8) is 0 Å². The Morgan fingerprint density at radius 2 is 2.15 bits per heavy atom. The molecule has 0 aliphatic rings. The molecule has 0 spiro atoms. The summed E-state index contributed by atoms with van der Waals surface area (Å²) in [6.45, 7) is 1.72. The highest BCUT2D eigenvalue weighted by Gasteiger charge is 2.13. The second kappa shape index (κ2) is 3.79. The van der Waals surface area contributed by atoms with Crippen molar-refractivity contribution in [2.75, 3.05) is 7.11 Å². The standard InChI is InChI=1S/C9H9BrO3/c1-5-6(9(11)12)3-4-7(10)8(5)13-2/h3-4H,1-2H3,(H,11,12). The molecule has 0 saturated carbocycles. The summed E-state index contributed by atoms with van der Waals surface area (Å²) in [5.74, 6) is -0.372. The number of benzene rings is 1. The Kier molecular flexibility index (Phi) is 2.93.